The van der Waals surface area contributed by atoms with Crippen LogP contribution in [0.4, 0.5) is 0 Å². The molecule has 0 aliphatic carbocycles. The van der Waals surface area contributed by atoms with E-state index in [2.05, 4.69) is 29.2 Å². The van der Waals surface area contributed by atoms with Gasteiger partial charge in [-0.3, -0.25) is 9.48 Å². The molecule has 0 radical (unpaired) electrons. The molecule has 1 N–H and O–H groups in total. The largest absolute Gasteiger partial charge is 0.370 e. The molecule has 0 bridgehead atoms. The molecule has 1 aromatic heterocycles. The Morgan fingerprint density at radius 3 is 2.80 bits per heavy atom. The predicted octanol–water partition coefficient (Wildman–Crippen LogP) is 2.12. The monoisotopic (exact) mass is 348 g/mol. The molecule has 2 fully saturated rings. The van der Waals surface area contributed by atoms with E-state index in [4.69, 9.17) is 4.74 Å². The first-order chi connectivity index (χ1) is 12.0. The molecule has 25 heavy (non-hydrogen) atoms. The lowest BCUT2D eigenvalue weighted by Crippen LogP contribution is -2.47. The highest BCUT2D eigenvalue weighted by Gasteiger charge is 2.42. The van der Waals surface area contributed by atoms with Gasteiger partial charge in [-0.2, -0.15) is 5.10 Å². The van der Waals surface area contributed by atoms with Crippen molar-refractivity contribution < 1.29 is 9.53 Å². The lowest BCUT2D eigenvalue weighted by atomic mass is 9.88. The minimum Gasteiger partial charge on any atom is -0.370 e. The first kappa shape index (κ1) is 18.4. The Balaban J connectivity index is 1.36. The summed E-state index contributed by atoms with van der Waals surface area (Å²) in [7, 11) is 0. The van der Waals surface area contributed by atoms with Crippen molar-refractivity contribution >= 4 is 5.91 Å². The smallest absolute Gasteiger partial charge is 0.221 e. The fourth-order valence-electron chi connectivity index (χ4n) is 3.97. The molecule has 140 valence electrons. The number of amides is 1. The molecule has 1 spiro atoms. The van der Waals surface area contributed by atoms with Crippen LogP contribution in [-0.4, -0.2) is 58.0 Å². The van der Waals surface area contributed by atoms with Crippen LogP contribution >= 0.6 is 0 Å². The Kier molecular flexibility index (Phi) is 5.79. The third-order valence-electron chi connectivity index (χ3n) is 5.65. The molecule has 0 aromatic carbocycles. The van der Waals surface area contributed by atoms with Gasteiger partial charge < -0.3 is 15.0 Å². The summed E-state index contributed by atoms with van der Waals surface area (Å²) in [4.78, 5) is 14.6. The molecular formula is C19H32N4O2. The van der Waals surface area contributed by atoms with Crippen molar-refractivity contribution in [3.63, 3.8) is 0 Å². The molecule has 1 aromatic rings. The zero-order valence-corrected chi connectivity index (χ0v) is 15.8. The first-order valence-corrected chi connectivity index (χ1v) is 9.64. The van der Waals surface area contributed by atoms with Gasteiger partial charge in [-0.15, -0.1) is 0 Å². The van der Waals surface area contributed by atoms with E-state index >= 15 is 0 Å². The highest BCUT2D eigenvalue weighted by molar-refractivity contribution is 5.75. The molecule has 1 atom stereocenters. The van der Waals surface area contributed by atoms with Gasteiger partial charge in [-0.05, 0) is 52.5 Å². The lowest BCUT2D eigenvalue weighted by Gasteiger charge is -2.40. The zero-order chi connectivity index (χ0) is 17.9. The fourth-order valence-corrected chi connectivity index (χ4v) is 3.97. The van der Waals surface area contributed by atoms with Crippen molar-refractivity contribution in [1.29, 1.82) is 0 Å². The number of aromatic nitrogens is 2. The normalized spacial score (nSPS) is 23.4. The summed E-state index contributed by atoms with van der Waals surface area (Å²) in [5, 5.41) is 7.34. The van der Waals surface area contributed by atoms with Crippen LogP contribution < -0.4 is 5.32 Å². The topological polar surface area (TPSA) is 59.4 Å². The van der Waals surface area contributed by atoms with Crippen LogP contribution in [0.1, 0.15) is 51.6 Å². The third-order valence-corrected chi connectivity index (χ3v) is 5.65. The van der Waals surface area contributed by atoms with E-state index in [1.54, 1.807) is 0 Å². The summed E-state index contributed by atoms with van der Waals surface area (Å²) in [6.45, 7) is 9.98. The SMILES string of the molecule is Cc1ccn(CCC(=O)NCC2CCC3(CCN(C(C)C)CC3)O2)n1. The third kappa shape index (κ3) is 4.82. The summed E-state index contributed by atoms with van der Waals surface area (Å²) < 4.78 is 8.19. The minimum absolute atomic E-state index is 0.0629. The highest BCUT2D eigenvalue weighted by Crippen LogP contribution is 2.39. The molecule has 3 rings (SSSR count). The van der Waals surface area contributed by atoms with Gasteiger partial charge in [-0.1, -0.05) is 0 Å². The van der Waals surface area contributed by atoms with E-state index < -0.39 is 0 Å². The number of nitrogens with one attached hydrogen (secondary N) is 1. The van der Waals surface area contributed by atoms with E-state index in [1.807, 2.05) is 23.9 Å². The van der Waals surface area contributed by atoms with Crippen molar-refractivity contribution in [2.45, 2.75) is 77.2 Å². The van der Waals surface area contributed by atoms with E-state index in [0.717, 1.165) is 44.5 Å². The van der Waals surface area contributed by atoms with Crippen molar-refractivity contribution in [1.82, 2.24) is 20.0 Å². The van der Waals surface area contributed by atoms with Crippen molar-refractivity contribution in [2.75, 3.05) is 19.6 Å². The second kappa shape index (κ2) is 7.87. The van der Waals surface area contributed by atoms with Crippen LogP contribution in [0, 0.1) is 6.92 Å². The summed E-state index contributed by atoms with van der Waals surface area (Å²) in [5.74, 6) is 0.0762. The second-order valence-electron chi connectivity index (χ2n) is 7.87. The summed E-state index contributed by atoms with van der Waals surface area (Å²) >= 11 is 0. The maximum atomic E-state index is 12.1. The van der Waals surface area contributed by atoms with Crippen LogP contribution in [0.2, 0.25) is 0 Å². The quantitative estimate of drug-likeness (QED) is 0.855. The predicted molar refractivity (Wildman–Crippen MR) is 97.4 cm³/mol. The van der Waals surface area contributed by atoms with Gasteiger partial charge >= 0.3 is 0 Å². The number of aryl methyl sites for hydroxylation is 2. The zero-order valence-electron chi connectivity index (χ0n) is 15.8. The van der Waals surface area contributed by atoms with E-state index in [9.17, 15) is 4.79 Å². The summed E-state index contributed by atoms with van der Waals surface area (Å²) in [6, 6.07) is 2.57. The number of nitrogens with zero attached hydrogens (tertiary/aromatic N) is 3. The minimum atomic E-state index is 0.0629. The fraction of sp³-hybridized carbons (Fsp3) is 0.789. The van der Waals surface area contributed by atoms with Gasteiger partial charge in [0.1, 0.15) is 0 Å². The van der Waals surface area contributed by atoms with Crippen molar-refractivity contribution in [2.24, 2.45) is 0 Å². The molecule has 1 amide bonds. The highest BCUT2D eigenvalue weighted by atomic mass is 16.5. The van der Waals surface area contributed by atoms with Gasteiger partial charge in [-0.25, -0.2) is 0 Å². The molecule has 3 heterocycles. The molecule has 0 saturated carbocycles. The standard InChI is InChI=1S/C19H32N4O2/c1-15(2)22-12-8-19(9-13-22)7-4-17(25-19)14-20-18(24)6-11-23-10-5-16(3)21-23/h5,10,15,17H,4,6-9,11-14H2,1-3H3,(H,20,24). The first-order valence-electron chi connectivity index (χ1n) is 9.64. The summed E-state index contributed by atoms with van der Waals surface area (Å²) in [5.41, 5.74) is 1.04. The van der Waals surface area contributed by atoms with E-state index in [1.165, 1.54) is 0 Å². The number of piperidine rings is 1. The Morgan fingerprint density at radius 1 is 1.40 bits per heavy atom. The van der Waals surface area contributed by atoms with Gasteiger partial charge in [0.2, 0.25) is 5.91 Å². The molecular weight excluding hydrogens is 316 g/mol. The van der Waals surface area contributed by atoms with Crippen molar-refractivity contribution in [3.8, 4) is 0 Å². The molecule has 2 aliphatic rings. The van der Waals surface area contributed by atoms with Crippen LogP contribution in [0.3, 0.4) is 0 Å². The van der Waals surface area contributed by atoms with Gasteiger partial charge in [0.05, 0.1) is 17.4 Å². The molecule has 6 nitrogen and oxygen atoms in total. The van der Waals surface area contributed by atoms with Gasteiger partial charge in [0.15, 0.2) is 0 Å². The average Bonchev–Trinajstić information content (AvgIpc) is 3.18. The van der Waals surface area contributed by atoms with Crippen molar-refractivity contribution in [3.05, 3.63) is 18.0 Å². The summed E-state index contributed by atoms with van der Waals surface area (Å²) in [6.07, 6.45) is 6.97. The van der Waals surface area contributed by atoms with E-state index in [0.29, 0.717) is 25.6 Å². The Bertz CT molecular complexity index is 576. The van der Waals surface area contributed by atoms with Crippen LogP contribution in [0.5, 0.6) is 0 Å². The maximum absolute atomic E-state index is 12.1. The number of likely N-dealkylation sites (tertiary alicyclic amines) is 1. The second-order valence-corrected chi connectivity index (χ2v) is 7.87. The number of carbonyl (C=O) groups is 1. The maximum Gasteiger partial charge on any atom is 0.221 e. The van der Waals surface area contributed by atoms with Crippen LogP contribution in [0.15, 0.2) is 12.3 Å². The Hall–Kier alpha value is -1.40. The number of carbonyl (C=O) groups excluding carboxylic acids is 1. The van der Waals surface area contributed by atoms with Crippen LogP contribution in [0.25, 0.3) is 0 Å². The average molecular weight is 348 g/mol. The van der Waals surface area contributed by atoms with E-state index in [-0.39, 0.29) is 17.6 Å². The van der Waals surface area contributed by atoms with Gasteiger partial charge in [0.25, 0.3) is 0 Å². The Labute approximate surface area is 150 Å². The van der Waals surface area contributed by atoms with Crippen LogP contribution in [-0.2, 0) is 16.1 Å². The molecule has 2 aliphatic heterocycles. The Morgan fingerprint density at radius 2 is 2.16 bits per heavy atom. The lowest BCUT2D eigenvalue weighted by molar-refractivity contribution is -0.123. The molecule has 6 heteroatoms. The molecule has 1 unspecified atom stereocenters. The number of rotatable bonds is 6. The number of hydrogen-bond donors (Lipinski definition) is 1. The number of ether oxygens (including phenoxy) is 1. The van der Waals surface area contributed by atoms with Gasteiger partial charge in [0, 0.05) is 44.8 Å². The molecule has 2 saturated heterocycles. The number of hydrogen-bond acceptors (Lipinski definition) is 4.